The van der Waals surface area contributed by atoms with E-state index in [9.17, 15) is 9.90 Å². The predicted molar refractivity (Wildman–Crippen MR) is 144 cm³/mol. The first-order chi connectivity index (χ1) is 16.7. The minimum Gasteiger partial charge on any atom is -0.390 e. The molecule has 0 saturated heterocycles. The number of hydrogen-bond donors (Lipinski definition) is 1. The zero-order valence-corrected chi connectivity index (χ0v) is 21.7. The fourth-order valence-electron chi connectivity index (χ4n) is 4.99. The van der Waals surface area contributed by atoms with Crippen LogP contribution < -0.4 is 0 Å². The largest absolute Gasteiger partial charge is 0.390 e. The van der Waals surface area contributed by atoms with Gasteiger partial charge in [0.1, 0.15) is 19.6 Å². The summed E-state index contributed by atoms with van der Waals surface area (Å²) in [6.45, 7) is 4.96. The van der Waals surface area contributed by atoms with Gasteiger partial charge in [0, 0.05) is 12.0 Å². The Morgan fingerprint density at radius 3 is 2.18 bits per heavy atom. The van der Waals surface area contributed by atoms with Gasteiger partial charge in [-0.25, -0.2) is 4.99 Å². The van der Waals surface area contributed by atoms with E-state index >= 15 is 0 Å². The van der Waals surface area contributed by atoms with E-state index in [4.69, 9.17) is 4.99 Å². The summed E-state index contributed by atoms with van der Waals surface area (Å²) < 4.78 is 0.549. The minimum absolute atomic E-state index is 0.0907. The summed E-state index contributed by atoms with van der Waals surface area (Å²) in [5, 5.41) is 9.71. The smallest absolute Gasteiger partial charge is 0.217 e. The molecule has 0 saturated carbocycles. The standard InChI is InChI=1S/C30H49N2O2/c1-2-3-4-5-6-7-8-9-10-11-12-13-14-15-19-22-30-31-23-24-32(30,25-26-33)27-29(34)28-20-17-16-18-21-28/h9-10,16-18,20-21,33H,2-8,11-15,19,22-27H2,1H3/q+1/b10-9+. The molecule has 1 aromatic rings. The third-order valence-electron chi connectivity index (χ3n) is 7.10. The van der Waals surface area contributed by atoms with Crippen LogP contribution in [0.15, 0.2) is 47.5 Å². The molecular formula is C30H49N2O2+. The van der Waals surface area contributed by atoms with Crippen LogP contribution in [0.2, 0.25) is 0 Å². The van der Waals surface area contributed by atoms with E-state index in [-0.39, 0.29) is 12.4 Å². The summed E-state index contributed by atoms with van der Waals surface area (Å²) in [7, 11) is 0. The highest BCUT2D eigenvalue weighted by Crippen LogP contribution is 2.21. The fraction of sp³-hybridized carbons (Fsp3) is 0.667. The van der Waals surface area contributed by atoms with Gasteiger partial charge in [-0.2, -0.15) is 0 Å². The van der Waals surface area contributed by atoms with Crippen molar-refractivity contribution in [2.24, 2.45) is 4.99 Å². The van der Waals surface area contributed by atoms with Gasteiger partial charge in [0.25, 0.3) is 0 Å². The molecule has 2 rings (SSSR count). The van der Waals surface area contributed by atoms with E-state index in [1.54, 1.807) is 0 Å². The molecule has 0 radical (unpaired) electrons. The second kappa shape index (κ2) is 17.6. The van der Waals surface area contributed by atoms with Gasteiger partial charge in [-0.05, 0) is 32.1 Å². The molecule has 0 bridgehead atoms. The maximum Gasteiger partial charge on any atom is 0.217 e. The monoisotopic (exact) mass is 469 g/mol. The van der Waals surface area contributed by atoms with Crippen molar-refractivity contribution < 1.29 is 14.4 Å². The number of amidine groups is 1. The number of benzene rings is 1. The number of ketones is 1. The first-order valence-corrected chi connectivity index (χ1v) is 14.0. The first kappa shape index (κ1) is 28.5. The van der Waals surface area contributed by atoms with E-state index in [0.717, 1.165) is 37.3 Å². The van der Waals surface area contributed by atoms with E-state index in [2.05, 4.69) is 19.1 Å². The molecule has 1 N–H and O–H groups in total. The van der Waals surface area contributed by atoms with Crippen molar-refractivity contribution >= 4 is 11.6 Å². The topological polar surface area (TPSA) is 49.7 Å². The lowest BCUT2D eigenvalue weighted by Gasteiger charge is -2.33. The molecule has 1 unspecified atom stereocenters. The van der Waals surface area contributed by atoms with Crippen molar-refractivity contribution in [2.75, 3.05) is 32.8 Å². The number of allylic oxidation sites excluding steroid dienone is 2. The Balaban J connectivity index is 1.59. The van der Waals surface area contributed by atoms with Crippen molar-refractivity contribution in [1.29, 1.82) is 0 Å². The first-order valence-electron chi connectivity index (χ1n) is 14.0. The third kappa shape index (κ3) is 10.7. The number of quaternary nitrogens is 1. The van der Waals surface area contributed by atoms with Crippen LogP contribution in [0.25, 0.3) is 0 Å². The Morgan fingerprint density at radius 2 is 1.53 bits per heavy atom. The van der Waals surface area contributed by atoms with Crippen molar-refractivity contribution in [3.63, 3.8) is 0 Å². The van der Waals surface area contributed by atoms with E-state index < -0.39 is 0 Å². The molecule has 1 atom stereocenters. The molecule has 1 aliphatic heterocycles. The minimum atomic E-state index is 0.0907. The number of aliphatic hydroxyl groups excluding tert-OH is 1. The maximum absolute atomic E-state index is 12.9. The zero-order valence-electron chi connectivity index (χ0n) is 21.7. The van der Waals surface area contributed by atoms with Gasteiger partial charge in [-0.3, -0.25) is 9.28 Å². The summed E-state index contributed by atoms with van der Waals surface area (Å²) in [5.41, 5.74) is 0.755. The molecule has 0 aliphatic carbocycles. The van der Waals surface area contributed by atoms with Gasteiger partial charge in [0.05, 0.1) is 13.2 Å². The number of rotatable bonds is 20. The van der Waals surface area contributed by atoms with Crippen molar-refractivity contribution in [3.8, 4) is 0 Å². The summed E-state index contributed by atoms with van der Waals surface area (Å²) in [5.74, 6) is 1.27. The normalized spacial score (nSPS) is 18.0. The molecule has 4 nitrogen and oxygen atoms in total. The second-order valence-corrected chi connectivity index (χ2v) is 9.90. The Morgan fingerprint density at radius 1 is 0.912 bits per heavy atom. The molecular weight excluding hydrogens is 420 g/mol. The van der Waals surface area contributed by atoms with Crippen LogP contribution in [0, 0.1) is 0 Å². The molecule has 4 heteroatoms. The Labute approximate surface area is 208 Å². The Kier molecular flexibility index (Phi) is 14.8. The Hall–Kier alpha value is -1.78. The van der Waals surface area contributed by atoms with Crippen LogP contribution >= 0.6 is 0 Å². The van der Waals surface area contributed by atoms with E-state index in [1.807, 2.05) is 30.3 Å². The molecule has 0 spiro atoms. The van der Waals surface area contributed by atoms with Gasteiger partial charge in [-0.15, -0.1) is 0 Å². The quantitative estimate of drug-likeness (QED) is 0.0956. The van der Waals surface area contributed by atoms with Crippen LogP contribution in [-0.2, 0) is 0 Å². The van der Waals surface area contributed by atoms with Crippen molar-refractivity contribution in [1.82, 2.24) is 0 Å². The number of carbonyl (C=O) groups excluding carboxylic acids is 1. The second-order valence-electron chi connectivity index (χ2n) is 9.90. The van der Waals surface area contributed by atoms with Gasteiger partial charge in [0.2, 0.25) is 5.78 Å². The van der Waals surface area contributed by atoms with Crippen LogP contribution in [-0.4, -0.2) is 54.0 Å². The third-order valence-corrected chi connectivity index (χ3v) is 7.10. The maximum atomic E-state index is 12.9. The van der Waals surface area contributed by atoms with Gasteiger partial charge < -0.3 is 5.11 Å². The lowest BCUT2D eigenvalue weighted by atomic mass is 10.1. The molecule has 0 amide bonds. The van der Waals surface area contributed by atoms with Crippen molar-refractivity contribution in [3.05, 3.63) is 48.0 Å². The molecule has 1 aromatic carbocycles. The van der Waals surface area contributed by atoms with Gasteiger partial charge in [-0.1, -0.05) is 101 Å². The lowest BCUT2D eigenvalue weighted by molar-refractivity contribution is -0.828. The number of aliphatic hydroxyl groups is 1. The average Bonchev–Trinajstić information content (AvgIpc) is 3.24. The summed E-state index contributed by atoms with van der Waals surface area (Å²) in [6.07, 6.45) is 22.6. The molecule has 1 aliphatic rings. The number of aliphatic imine (C=N–C) groups is 1. The highest BCUT2D eigenvalue weighted by Gasteiger charge is 2.39. The number of unbranched alkanes of at least 4 members (excludes halogenated alkanes) is 11. The van der Waals surface area contributed by atoms with E-state index in [1.165, 1.54) is 77.0 Å². The highest BCUT2D eigenvalue weighted by molar-refractivity contribution is 5.98. The average molecular weight is 470 g/mol. The van der Waals surface area contributed by atoms with Crippen LogP contribution in [0.5, 0.6) is 0 Å². The summed E-state index contributed by atoms with van der Waals surface area (Å²) >= 11 is 0. The fourth-order valence-corrected chi connectivity index (χ4v) is 4.99. The number of hydrogen-bond acceptors (Lipinski definition) is 3. The summed E-state index contributed by atoms with van der Waals surface area (Å²) in [4.78, 5) is 17.7. The molecule has 0 fully saturated rings. The zero-order chi connectivity index (χ0) is 24.3. The predicted octanol–water partition coefficient (Wildman–Crippen LogP) is 7.13. The number of carbonyl (C=O) groups is 1. The number of nitrogens with zero attached hydrogens (tertiary/aromatic N) is 2. The Bertz CT molecular complexity index is 729. The van der Waals surface area contributed by atoms with Crippen LogP contribution in [0.3, 0.4) is 0 Å². The van der Waals surface area contributed by atoms with Crippen LogP contribution in [0.1, 0.15) is 107 Å². The summed E-state index contributed by atoms with van der Waals surface area (Å²) in [6, 6.07) is 9.52. The van der Waals surface area contributed by atoms with Crippen molar-refractivity contribution in [2.45, 2.75) is 96.8 Å². The molecule has 1 heterocycles. The molecule has 0 aromatic heterocycles. The van der Waals surface area contributed by atoms with Gasteiger partial charge >= 0.3 is 0 Å². The molecule has 190 valence electrons. The lowest BCUT2D eigenvalue weighted by Crippen LogP contribution is -2.55. The number of Topliss-reactive ketones (excluding diaryl/α,β-unsaturated/α-hetero) is 1. The van der Waals surface area contributed by atoms with Gasteiger partial charge in [0.15, 0.2) is 5.84 Å². The van der Waals surface area contributed by atoms with E-state index in [0.29, 0.717) is 17.6 Å². The van der Waals surface area contributed by atoms with Crippen LogP contribution in [0.4, 0.5) is 0 Å². The SMILES string of the molecule is CCCCCCCC/C=C/CCCCCCCC1=NCC[N+]1(CCO)CC(=O)c1ccccc1. The molecule has 34 heavy (non-hydrogen) atoms. The highest BCUT2D eigenvalue weighted by atomic mass is 16.3.